The average Bonchev–Trinajstić information content (AvgIpc) is 2.17. The number of amides is 1. The zero-order valence-corrected chi connectivity index (χ0v) is 8.29. The maximum Gasteiger partial charge on any atom is 0.332 e. The van der Waals surface area contributed by atoms with E-state index in [0.29, 0.717) is 13.0 Å². The van der Waals surface area contributed by atoms with E-state index in [1.54, 1.807) is 13.0 Å². The van der Waals surface area contributed by atoms with Gasteiger partial charge in [-0.15, -0.1) is 6.58 Å². The van der Waals surface area contributed by atoms with E-state index in [2.05, 4.69) is 16.6 Å². The lowest BCUT2D eigenvalue weighted by atomic mass is 10.3. The minimum absolute atomic E-state index is 0.215. The molecule has 0 saturated carbocycles. The Bertz CT molecular complexity index is 216. The number of hydrogen-bond acceptors (Lipinski definition) is 4. The van der Waals surface area contributed by atoms with Gasteiger partial charge in [-0.25, -0.2) is 4.79 Å². The third-order valence-electron chi connectivity index (χ3n) is 1.47. The highest BCUT2D eigenvalue weighted by molar-refractivity contribution is 6.01. The van der Waals surface area contributed by atoms with Gasteiger partial charge >= 0.3 is 5.97 Å². The van der Waals surface area contributed by atoms with Crippen molar-refractivity contribution in [2.45, 2.75) is 19.4 Å². The molecule has 1 amide bonds. The Labute approximate surface area is 83.3 Å². The molecule has 80 valence electrons. The molecular formula is C9H16N2O3. The number of rotatable bonds is 6. The van der Waals surface area contributed by atoms with Gasteiger partial charge < -0.3 is 15.8 Å². The topological polar surface area (TPSA) is 81.4 Å². The lowest BCUT2D eigenvalue weighted by Gasteiger charge is -2.10. The number of carbonyl (C=O) groups excluding carboxylic acids is 2. The van der Waals surface area contributed by atoms with Gasteiger partial charge in [-0.3, -0.25) is 4.79 Å². The summed E-state index contributed by atoms with van der Waals surface area (Å²) in [6.07, 6.45) is 2.30. The highest BCUT2D eigenvalue weighted by atomic mass is 16.5. The van der Waals surface area contributed by atoms with Crippen LogP contribution in [0, 0.1) is 0 Å². The van der Waals surface area contributed by atoms with Gasteiger partial charge in [0.15, 0.2) is 6.04 Å². The summed E-state index contributed by atoms with van der Waals surface area (Å²) in [7, 11) is 0. The van der Waals surface area contributed by atoms with E-state index >= 15 is 0 Å². The molecule has 0 aliphatic heterocycles. The van der Waals surface area contributed by atoms with Gasteiger partial charge in [0.2, 0.25) is 5.91 Å². The summed E-state index contributed by atoms with van der Waals surface area (Å²) in [5, 5.41) is 2.49. The zero-order chi connectivity index (χ0) is 11.0. The molecule has 5 nitrogen and oxygen atoms in total. The first-order valence-corrected chi connectivity index (χ1v) is 4.44. The SMILES string of the molecule is C=CCCNC(=O)C(N)C(=O)OCC. The lowest BCUT2D eigenvalue weighted by Crippen LogP contribution is -2.47. The van der Waals surface area contributed by atoms with Crippen LogP contribution < -0.4 is 11.1 Å². The molecule has 0 saturated heterocycles. The molecule has 0 aromatic heterocycles. The molecule has 14 heavy (non-hydrogen) atoms. The summed E-state index contributed by atoms with van der Waals surface area (Å²) in [6, 6.07) is -1.24. The minimum Gasteiger partial charge on any atom is -0.464 e. The first-order valence-electron chi connectivity index (χ1n) is 4.44. The van der Waals surface area contributed by atoms with Crippen LogP contribution in [0.5, 0.6) is 0 Å². The van der Waals surface area contributed by atoms with Crippen molar-refractivity contribution >= 4 is 11.9 Å². The fourth-order valence-corrected chi connectivity index (χ4v) is 0.746. The van der Waals surface area contributed by atoms with Gasteiger partial charge in [-0.05, 0) is 13.3 Å². The van der Waals surface area contributed by atoms with Crippen LogP contribution in [0.1, 0.15) is 13.3 Å². The number of nitrogens with two attached hydrogens (primary N) is 1. The predicted molar refractivity (Wildman–Crippen MR) is 52.4 cm³/mol. The van der Waals surface area contributed by atoms with E-state index < -0.39 is 17.9 Å². The van der Waals surface area contributed by atoms with Crippen molar-refractivity contribution < 1.29 is 14.3 Å². The Hall–Kier alpha value is -1.36. The quantitative estimate of drug-likeness (QED) is 0.264. The fraction of sp³-hybridized carbons (Fsp3) is 0.556. The molecule has 0 rings (SSSR count). The number of esters is 1. The van der Waals surface area contributed by atoms with Crippen molar-refractivity contribution in [2.75, 3.05) is 13.2 Å². The van der Waals surface area contributed by atoms with E-state index in [-0.39, 0.29) is 6.61 Å². The van der Waals surface area contributed by atoms with Crippen molar-refractivity contribution in [3.8, 4) is 0 Å². The summed E-state index contributed by atoms with van der Waals surface area (Å²) in [5.74, 6) is -1.23. The molecule has 1 unspecified atom stereocenters. The normalized spacial score (nSPS) is 11.6. The van der Waals surface area contributed by atoms with E-state index in [1.165, 1.54) is 0 Å². The summed E-state index contributed by atoms with van der Waals surface area (Å²) in [6.45, 7) is 5.79. The smallest absolute Gasteiger partial charge is 0.332 e. The molecule has 0 aliphatic carbocycles. The van der Waals surface area contributed by atoms with Gasteiger partial charge in [0.25, 0.3) is 0 Å². The predicted octanol–water partition coefficient (Wildman–Crippen LogP) is -0.431. The third-order valence-corrected chi connectivity index (χ3v) is 1.47. The second kappa shape index (κ2) is 7.08. The third kappa shape index (κ3) is 4.61. The molecule has 3 N–H and O–H groups in total. The summed E-state index contributed by atoms with van der Waals surface area (Å²) in [4.78, 5) is 22.2. The Morgan fingerprint density at radius 2 is 2.29 bits per heavy atom. The van der Waals surface area contributed by atoms with Crippen LogP contribution in [0.15, 0.2) is 12.7 Å². The number of hydrogen-bond donors (Lipinski definition) is 2. The fourth-order valence-electron chi connectivity index (χ4n) is 0.746. The molecule has 5 heteroatoms. The molecule has 0 heterocycles. The standard InChI is InChI=1S/C9H16N2O3/c1-3-5-6-11-8(12)7(10)9(13)14-4-2/h3,7H,1,4-6,10H2,2H3,(H,11,12). The Morgan fingerprint density at radius 3 is 2.79 bits per heavy atom. The van der Waals surface area contributed by atoms with Gasteiger partial charge in [0.1, 0.15) is 0 Å². The molecule has 1 atom stereocenters. The average molecular weight is 200 g/mol. The molecule has 0 aromatic rings. The maximum atomic E-state index is 11.2. The Morgan fingerprint density at radius 1 is 1.64 bits per heavy atom. The second-order valence-electron chi connectivity index (χ2n) is 2.60. The van der Waals surface area contributed by atoms with Gasteiger partial charge in [0, 0.05) is 6.54 Å². The number of ether oxygens (including phenoxy) is 1. The van der Waals surface area contributed by atoms with Crippen LogP contribution in [-0.4, -0.2) is 31.1 Å². The van der Waals surface area contributed by atoms with Crippen molar-refractivity contribution in [1.29, 1.82) is 0 Å². The van der Waals surface area contributed by atoms with Gasteiger partial charge in [-0.1, -0.05) is 6.08 Å². The molecule has 0 bridgehead atoms. The summed E-state index contributed by atoms with van der Waals surface area (Å²) >= 11 is 0. The zero-order valence-electron chi connectivity index (χ0n) is 8.29. The van der Waals surface area contributed by atoms with Crippen molar-refractivity contribution in [1.82, 2.24) is 5.32 Å². The van der Waals surface area contributed by atoms with Gasteiger partial charge in [-0.2, -0.15) is 0 Å². The largest absolute Gasteiger partial charge is 0.464 e. The summed E-state index contributed by atoms with van der Waals surface area (Å²) < 4.78 is 4.59. The molecule has 0 radical (unpaired) electrons. The number of nitrogens with one attached hydrogen (secondary N) is 1. The first-order chi connectivity index (χ1) is 6.63. The minimum atomic E-state index is -1.24. The molecule has 0 fully saturated rings. The highest BCUT2D eigenvalue weighted by Gasteiger charge is 2.22. The molecule has 0 spiro atoms. The lowest BCUT2D eigenvalue weighted by molar-refractivity contribution is -0.147. The van der Waals surface area contributed by atoms with E-state index in [0.717, 1.165) is 0 Å². The highest BCUT2D eigenvalue weighted by Crippen LogP contribution is 1.86. The monoisotopic (exact) mass is 200 g/mol. The van der Waals surface area contributed by atoms with Crippen molar-refractivity contribution in [3.05, 3.63) is 12.7 Å². The Kier molecular flexibility index (Phi) is 6.39. The van der Waals surface area contributed by atoms with E-state index in [1.807, 2.05) is 0 Å². The number of carbonyl (C=O) groups is 2. The van der Waals surface area contributed by atoms with E-state index in [9.17, 15) is 9.59 Å². The van der Waals surface area contributed by atoms with Crippen LogP contribution in [0.2, 0.25) is 0 Å². The second-order valence-corrected chi connectivity index (χ2v) is 2.60. The van der Waals surface area contributed by atoms with Crippen LogP contribution in [-0.2, 0) is 14.3 Å². The van der Waals surface area contributed by atoms with Crippen molar-refractivity contribution in [2.24, 2.45) is 5.73 Å². The van der Waals surface area contributed by atoms with Crippen LogP contribution in [0.25, 0.3) is 0 Å². The molecule has 0 aliphatic rings. The maximum absolute atomic E-state index is 11.2. The van der Waals surface area contributed by atoms with Gasteiger partial charge in [0.05, 0.1) is 6.61 Å². The van der Waals surface area contributed by atoms with Crippen LogP contribution >= 0.6 is 0 Å². The summed E-state index contributed by atoms with van der Waals surface area (Å²) in [5.41, 5.74) is 5.32. The Balaban J connectivity index is 3.86. The van der Waals surface area contributed by atoms with E-state index in [4.69, 9.17) is 5.73 Å². The van der Waals surface area contributed by atoms with Crippen molar-refractivity contribution in [3.63, 3.8) is 0 Å². The molecule has 0 aromatic carbocycles. The molecular weight excluding hydrogens is 184 g/mol. The van der Waals surface area contributed by atoms with Crippen LogP contribution in [0.3, 0.4) is 0 Å². The van der Waals surface area contributed by atoms with Crippen LogP contribution in [0.4, 0.5) is 0 Å². The first kappa shape index (κ1) is 12.6.